The molecule has 2 atom stereocenters. The molecule has 0 aromatic heterocycles. The Morgan fingerprint density at radius 1 is 1.00 bits per heavy atom. The number of likely N-dealkylation sites (N-methyl/N-ethyl adjacent to an activating group) is 1. The van der Waals surface area contributed by atoms with Crippen LogP contribution in [0.4, 0.5) is 4.79 Å². The molecule has 170 valence electrons. The lowest BCUT2D eigenvalue weighted by molar-refractivity contribution is -0.142. The molecule has 0 spiro atoms. The van der Waals surface area contributed by atoms with Crippen molar-refractivity contribution in [1.29, 1.82) is 0 Å². The summed E-state index contributed by atoms with van der Waals surface area (Å²) in [6.45, 7) is 2.03. The van der Waals surface area contributed by atoms with Crippen molar-refractivity contribution in [3.05, 3.63) is 59.7 Å². The zero-order valence-electron chi connectivity index (χ0n) is 18.5. The molecule has 8 heteroatoms. The summed E-state index contributed by atoms with van der Waals surface area (Å²) in [6.07, 6.45) is -0.670. The van der Waals surface area contributed by atoms with Crippen molar-refractivity contribution < 1.29 is 24.2 Å². The SMILES string of the molecule is CC(CC(=O)NC(CN(C)C)C(=O)O)NC(=O)OCC1c2ccccc2-c2ccccc21. The first-order valence-electron chi connectivity index (χ1n) is 10.5. The van der Waals surface area contributed by atoms with E-state index in [1.807, 2.05) is 36.4 Å². The van der Waals surface area contributed by atoms with Crippen molar-refractivity contribution in [2.24, 2.45) is 0 Å². The second-order valence-electron chi connectivity index (χ2n) is 8.30. The zero-order valence-corrected chi connectivity index (χ0v) is 18.5. The zero-order chi connectivity index (χ0) is 23.3. The molecule has 3 rings (SSSR count). The number of carboxylic acid groups (broad SMARTS) is 1. The molecule has 3 N–H and O–H groups in total. The van der Waals surface area contributed by atoms with Crippen molar-refractivity contribution in [2.45, 2.75) is 31.3 Å². The monoisotopic (exact) mass is 439 g/mol. The van der Waals surface area contributed by atoms with E-state index in [0.29, 0.717) is 0 Å². The van der Waals surface area contributed by atoms with Gasteiger partial charge in [-0.3, -0.25) is 4.79 Å². The predicted molar refractivity (Wildman–Crippen MR) is 120 cm³/mol. The number of carbonyl (C=O) groups excluding carboxylic acids is 2. The third-order valence-electron chi connectivity index (χ3n) is 5.38. The lowest BCUT2D eigenvalue weighted by Crippen LogP contribution is -2.48. The van der Waals surface area contributed by atoms with E-state index in [-0.39, 0.29) is 25.5 Å². The summed E-state index contributed by atoms with van der Waals surface area (Å²) < 4.78 is 5.48. The smallest absolute Gasteiger partial charge is 0.407 e. The number of ether oxygens (including phenoxy) is 1. The highest BCUT2D eigenvalue weighted by molar-refractivity contribution is 5.84. The molecule has 0 aliphatic heterocycles. The number of nitrogens with one attached hydrogen (secondary N) is 2. The number of alkyl carbamates (subject to hydrolysis) is 1. The average Bonchev–Trinajstić information content (AvgIpc) is 3.05. The number of amides is 2. The van der Waals surface area contributed by atoms with E-state index >= 15 is 0 Å². The highest BCUT2D eigenvalue weighted by Gasteiger charge is 2.29. The fraction of sp³-hybridized carbons (Fsp3) is 0.375. The fourth-order valence-electron chi connectivity index (χ4n) is 3.97. The first-order chi connectivity index (χ1) is 15.3. The Hall–Kier alpha value is -3.39. The summed E-state index contributed by atoms with van der Waals surface area (Å²) >= 11 is 0. The van der Waals surface area contributed by atoms with Crippen LogP contribution in [0.25, 0.3) is 11.1 Å². The first-order valence-corrected chi connectivity index (χ1v) is 10.5. The number of nitrogens with zero attached hydrogens (tertiary/aromatic N) is 1. The van der Waals surface area contributed by atoms with E-state index in [4.69, 9.17) is 4.74 Å². The molecule has 0 saturated carbocycles. The number of carboxylic acids is 1. The standard InChI is InChI=1S/C24H29N3O5/c1-15(12-22(28)26-21(23(29)30)13-27(2)3)25-24(31)32-14-20-18-10-6-4-8-16(18)17-9-5-7-11-19(17)20/h4-11,15,20-21H,12-14H2,1-3H3,(H,25,31)(H,26,28)(H,29,30). The molecule has 2 aromatic carbocycles. The maximum Gasteiger partial charge on any atom is 0.407 e. The number of carbonyl (C=O) groups is 3. The van der Waals surface area contributed by atoms with E-state index in [2.05, 4.69) is 22.8 Å². The third-order valence-corrected chi connectivity index (χ3v) is 5.38. The second kappa shape index (κ2) is 10.3. The molecule has 0 bridgehead atoms. The maximum atomic E-state index is 12.3. The van der Waals surface area contributed by atoms with Crippen LogP contribution in [-0.2, 0) is 14.3 Å². The van der Waals surface area contributed by atoms with Gasteiger partial charge in [-0.2, -0.15) is 0 Å². The molecule has 32 heavy (non-hydrogen) atoms. The molecule has 0 fully saturated rings. The largest absolute Gasteiger partial charge is 0.480 e. The van der Waals surface area contributed by atoms with Crippen LogP contribution < -0.4 is 10.6 Å². The van der Waals surface area contributed by atoms with Crippen LogP contribution in [0.3, 0.4) is 0 Å². The van der Waals surface area contributed by atoms with Crippen molar-refractivity contribution >= 4 is 18.0 Å². The number of aliphatic carboxylic acids is 1. The van der Waals surface area contributed by atoms with Gasteiger partial charge in [0.1, 0.15) is 12.6 Å². The minimum atomic E-state index is -1.11. The van der Waals surface area contributed by atoms with Crippen LogP contribution >= 0.6 is 0 Å². The van der Waals surface area contributed by atoms with E-state index in [1.54, 1.807) is 25.9 Å². The molecule has 1 aliphatic carbocycles. The van der Waals surface area contributed by atoms with E-state index < -0.39 is 30.1 Å². The van der Waals surface area contributed by atoms with Crippen molar-refractivity contribution in [1.82, 2.24) is 15.5 Å². The molecule has 0 heterocycles. The first kappa shape index (κ1) is 23.3. The number of hydrogen-bond acceptors (Lipinski definition) is 5. The molecule has 0 saturated heterocycles. The van der Waals surface area contributed by atoms with Crippen LogP contribution in [0.5, 0.6) is 0 Å². The minimum Gasteiger partial charge on any atom is -0.480 e. The Kier molecular flexibility index (Phi) is 7.48. The van der Waals surface area contributed by atoms with Gasteiger partial charge in [-0.15, -0.1) is 0 Å². The van der Waals surface area contributed by atoms with Crippen LogP contribution in [0.1, 0.15) is 30.4 Å². The Morgan fingerprint density at radius 2 is 1.56 bits per heavy atom. The van der Waals surface area contributed by atoms with Gasteiger partial charge in [0.05, 0.1) is 0 Å². The predicted octanol–water partition coefficient (Wildman–Crippen LogP) is 2.43. The maximum absolute atomic E-state index is 12.3. The molecular weight excluding hydrogens is 410 g/mol. The van der Waals surface area contributed by atoms with Gasteiger partial charge in [-0.1, -0.05) is 48.5 Å². The van der Waals surface area contributed by atoms with E-state index in [9.17, 15) is 19.5 Å². The highest BCUT2D eigenvalue weighted by Crippen LogP contribution is 2.44. The average molecular weight is 440 g/mol. The van der Waals surface area contributed by atoms with Crippen molar-refractivity contribution in [2.75, 3.05) is 27.2 Å². The van der Waals surface area contributed by atoms with Gasteiger partial charge in [-0.25, -0.2) is 9.59 Å². The lowest BCUT2D eigenvalue weighted by atomic mass is 9.98. The van der Waals surface area contributed by atoms with Gasteiger partial charge in [0.2, 0.25) is 5.91 Å². The van der Waals surface area contributed by atoms with Crippen LogP contribution in [0.2, 0.25) is 0 Å². The van der Waals surface area contributed by atoms with Crippen molar-refractivity contribution in [3.63, 3.8) is 0 Å². The molecule has 0 radical (unpaired) electrons. The molecule has 2 amide bonds. The van der Waals surface area contributed by atoms with E-state index in [1.165, 1.54) is 0 Å². The molecule has 1 aliphatic rings. The van der Waals surface area contributed by atoms with Gasteiger partial charge >= 0.3 is 12.1 Å². The quantitative estimate of drug-likeness (QED) is 0.554. The molecule has 8 nitrogen and oxygen atoms in total. The Bertz CT molecular complexity index is 946. The van der Waals surface area contributed by atoms with Gasteiger partial charge < -0.3 is 25.4 Å². The van der Waals surface area contributed by atoms with Gasteiger partial charge in [0.15, 0.2) is 0 Å². The lowest BCUT2D eigenvalue weighted by Gasteiger charge is -2.20. The van der Waals surface area contributed by atoms with Crippen molar-refractivity contribution in [3.8, 4) is 11.1 Å². The van der Waals surface area contributed by atoms with Gasteiger partial charge in [-0.05, 0) is 43.3 Å². The number of benzene rings is 2. The van der Waals surface area contributed by atoms with Crippen LogP contribution in [0, 0.1) is 0 Å². The van der Waals surface area contributed by atoms with Crippen LogP contribution in [0.15, 0.2) is 48.5 Å². The topological polar surface area (TPSA) is 108 Å². The second-order valence-corrected chi connectivity index (χ2v) is 8.30. The summed E-state index contributed by atoms with van der Waals surface area (Å²) in [7, 11) is 3.45. The van der Waals surface area contributed by atoms with E-state index in [0.717, 1.165) is 22.3 Å². The summed E-state index contributed by atoms with van der Waals surface area (Å²) in [5.74, 6) is -1.61. The Labute approximate surface area is 187 Å². The van der Waals surface area contributed by atoms with Crippen LogP contribution in [-0.4, -0.2) is 67.3 Å². The van der Waals surface area contributed by atoms with Gasteiger partial charge in [0, 0.05) is 24.9 Å². The summed E-state index contributed by atoms with van der Waals surface area (Å²) in [6, 6.07) is 14.6. The minimum absolute atomic E-state index is 0.0471. The summed E-state index contributed by atoms with van der Waals surface area (Å²) in [5, 5.41) is 14.4. The number of fused-ring (bicyclic) bond motifs is 3. The number of rotatable bonds is 9. The summed E-state index contributed by atoms with van der Waals surface area (Å²) in [5.41, 5.74) is 4.53. The Balaban J connectivity index is 1.52. The Morgan fingerprint density at radius 3 is 2.09 bits per heavy atom. The molecule has 2 aromatic rings. The van der Waals surface area contributed by atoms with Gasteiger partial charge in [0.25, 0.3) is 0 Å². The third kappa shape index (κ3) is 5.64. The number of hydrogen-bond donors (Lipinski definition) is 3. The normalized spacial score (nSPS) is 14.2. The fourth-order valence-corrected chi connectivity index (χ4v) is 3.97. The summed E-state index contributed by atoms with van der Waals surface area (Å²) in [4.78, 5) is 37.5. The highest BCUT2D eigenvalue weighted by atomic mass is 16.5. The molecular formula is C24H29N3O5. The molecule has 2 unspecified atom stereocenters.